The summed E-state index contributed by atoms with van der Waals surface area (Å²) in [6, 6.07) is 9.22. The Kier molecular flexibility index (Phi) is 6.31. The Hall–Kier alpha value is -3.83. The number of rotatable bonds is 5. The number of hydrogen-bond acceptors (Lipinski definition) is 5. The first-order valence-corrected chi connectivity index (χ1v) is 10.7. The van der Waals surface area contributed by atoms with Crippen molar-refractivity contribution >= 4 is 34.7 Å². The van der Waals surface area contributed by atoms with Crippen molar-refractivity contribution in [3.8, 4) is 0 Å². The van der Waals surface area contributed by atoms with Crippen molar-refractivity contribution in [1.82, 2.24) is 5.32 Å². The molecule has 0 spiro atoms. The molecule has 0 bridgehead atoms. The summed E-state index contributed by atoms with van der Waals surface area (Å²) in [6.45, 7) is 1.74. The minimum atomic E-state index is -4.67. The Bertz CT molecular complexity index is 1100. The summed E-state index contributed by atoms with van der Waals surface area (Å²) in [4.78, 5) is 38.2. The first-order chi connectivity index (χ1) is 16.1. The molecule has 0 aromatic heterocycles. The molecule has 0 saturated carbocycles. The van der Waals surface area contributed by atoms with Crippen molar-refractivity contribution in [2.24, 2.45) is 5.92 Å². The van der Waals surface area contributed by atoms with Gasteiger partial charge < -0.3 is 15.5 Å². The van der Waals surface area contributed by atoms with Crippen LogP contribution in [0.1, 0.15) is 18.4 Å². The summed E-state index contributed by atoms with van der Waals surface area (Å²) in [5, 5.41) is 16.9. The fourth-order valence-corrected chi connectivity index (χ4v) is 4.18. The summed E-state index contributed by atoms with van der Waals surface area (Å²) in [5.41, 5.74) is -0.273. The van der Waals surface area contributed by atoms with Gasteiger partial charge in [-0.3, -0.25) is 19.8 Å². The molecule has 0 unspecified atom stereocenters. The molecule has 0 radical (unpaired) electrons. The standard InChI is InChI=1S/C22H22F3N5O4/c23-22(24,25)15-1-6-18(19(13-15)30(33)34)28-10-7-14(8-11-28)20(31)27-16-2-4-17(5-3-16)29-12-9-26-21(29)32/h1-6,13-14H,7-12H2,(H,26,32)(H,27,31). The molecule has 2 aromatic carbocycles. The lowest BCUT2D eigenvalue weighted by Gasteiger charge is -2.32. The van der Waals surface area contributed by atoms with E-state index in [9.17, 15) is 32.9 Å². The Morgan fingerprint density at radius 2 is 1.76 bits per heavy atom. The highest BCUT2D eigenvalue weighted by molar-refractivity contribution is 5.95. The zero-order valence-corrected chi connectivity index (χ0v) is 18.0. The van der Waals surface area contributed by atoms with Gasteiger partial charge in [-0.15, -0.1) is 0 Å². The molecule has 2 aliphatic heterocycles. The quantitative estimate of drug-likeness (QED) is 0.500. The van der Waals surface area contributed by atoms with Gasteiger partial charge in [0.25, 0.3) is 5.69 Å². The number of benzene rings is 2. The van der Waals surface area contributed by atoms with E-state index in [0.29, 0.717) is 50.8 Å². The smallest absolute Gasteiger partial charge is 0.366 e. The number of halogens is 3. The van der Waals surface area contributed by atoms with Gasteiger partial charge in [-0.25, -0.2) is 4.79 Å². The van der Waals surface area contributed by atoms with Crippen molar-refractivity contribution in [3.05, 3.63) is 58.1 Å². The van der Waals surface area contributed by atoms with E-state index in [2.05, 4.69) is 10.6 Å². The first-order valence-electron chi connectivity index (χ1n) is 10.7. The monoisotopic (exact) mass is 477 g/mol. The molecule has 34 heavy (non-hydrogen) atoms. The number of amides is 3. The Morgan fingerprint density at radius 3 is 2.32 bits per heavy atom. The number of nitro benzene ring substituents is 1. The molecule has 0 atom stereocenters. The van der Waals surface area contributed by atoms with E-state index in [4.69, 9.17) is 0 Å². The van der Waals surface area contributed by atoms with Gasteiger partial charge >= 0.3 is 12.2 Å². The third kappa shape index (κ3) is 4.90. The summed E-state index contributed by atoms with van der Waals surface area (Å²) >= 11 is 0. The lowest BCUT2D eigenvalue weighted by atomic mass is 9.95. The summed E-state index contributed by atoms with van der Waals surface area (Å²) in [7, 11) is 0. The van der Waals surface area contributed by atoms with Crippen LogP contribution in [-0.4, -0.2) is 43.0 Å². The van der Waals surface area contributed by atoms with E-state index in [1.807, 2.05) is 0 Å². The summed E-state index contributed by atoms with van der Waals surface area (Å²) in [5.74, 6) is -0.540. The van der Waals surface area contributed by atoms with E-state index in [1.165, 1.54) is 0 Å². The second kappa shape index (κ2) is 9.20. The Labute approximate surface area is 192 Å². The van der Waals surface area contributed by atoms with Gasteiger partial charge in [0.2, 0.25) is 5.91 Å². The van der Waals surface area contributed by atoms with Crippen molar-refractivity contribution < 1.29 is 27.7 Å². The Morgan fingerprint density at radius 1 is 1.09 bits per heavy atom. The average molecular weight is 477 g/mol. The van der Waals surface area contributed by atoms with Crippen molar-refractivity contribution in [1.29, 1.82) is 0 Å². The van der Waals surface area contributed by atoms with Gasteiger partial charge in [0.05, 0.1) is 10.5 Å². The number of alkyl halides is 3. The highest BCUT2D eigenvalue weighted by Crippen LogP contribution is 2.37. The molecule has 4 rings (SSSR count). The fourth-order valence-electron chi connectivity index (χ4n) is 4.18. The Balaban J connectivity index is 1.37. The lowest BCUT2D eigenvalue weighted by molar-refractivity contribution is -0.384. The number of nitrogens with zero attached hydrogens (tertiary/aromatic N) is 3. The van der Waals surface area contributed by atoms with Gasteiger partial charge in [-0.05, 0) is 49.2 Å². The van der Waals surface area contributed by atoms with Crippen LogP contribution in [0.4, 0.5) is 40.7 Å². The number of hydrogen-bond donors (Lipinski definition) is 2. The van der Waals surface area contributed by atoms with E-state index >= 15 is 0 Å². The number of nitro groups is 1. The van der Waals surface area contributed by atoms with Crippen LogP contribution < -0.4 is 20.4 Å². The molecular formula is C22H22F3N5O4. The molecule has 3 amide bonds. The zero-order chi connectivity index (χ0) is 24.5. The molecule has 2 aromatic rings. The number of carbonyl (C=O) groups is 2. The molecule has 9 nitrogen and oxygen atoms in total. The minimum Gasteiger partial charge on any atom is -0.366 e. The third-order valence-corrected chi connectivity index (χ3v) is 6.01. The molecule has 180 valence electrons. The van der Waals surface area contributed by atoms with E-state index < -0.39 is 22.4 Å². The molecule has 2 N–H and O–H groups in total. The van der Waals surface area contributed by atoms with Crippen LogP contribution in [0.25, 0.3) is 0 Å². The van der Waals surface area contributed by atoms with Gasteiger partial charge in [-0.1, -0.05) is 0 Å². The predicted octanol–water partition coefficient (Wildman–Crippen LogP) is 4.00. The number of piperidine rings is 1. The zero-order valence-electron chi connectivity index (χ0n) is 18.0. The van der Waals surface area contributed by atoms with Gasteiger partial charge in [0, 0.05) is 49.5 Å². The number of nitrogens with one attached hydrogen (secondary N) is 2. The maximum Gasteiger partial charge on any atom is 0.416 e. The van der Waals surface area contributed by atoms with Crippen LogP contribution in [-0.2, 0) is 11.0 Å². The summed E-state index contributed by atoms with van der Waals surface area (Å²) in [6.07, 6.45) is -3.88. The highest BCUT2D eigenvalue weighted by Gasteiger charge is 2.35. The van der Waals surface area contributed by atoms with E-state index in [-0.39, 0.29) is 23.5 Å². The third-order valence-electron chi connectivity index (χ3n) is 6.01. The maximum absolute atomic E-state index is 12.9. The summed E-state index contributed by atoms with van der Waals surface area (Å²) < 4.78 is 38.8. The van der Waals surface area contributed by atoms with Crippen molar-refractivity contribution in [2.45, 2.75) is 19.0 Å². The molecule has 12 heteroatoms. The SMILES string of the molecule is O=C(Nc1ccc(N2CCNC2=O)cc1)C1CCN(c2ccc(C(F)(F)F)cc2[N+](=O)[O-])CC1. The van der Waals surface area contributed by atoms with Crippen LogP contribution in [0, 0.1) is 16.0 Å². The van der Waals surface area contributed by atoms with Gasteiger partial charge in [-0.2, -0.15) is 13.2 Å². The number of carbonyl (C=O) groups excluding carboxylic acids is 2. The lowest BCUT2D eigenvalue weighted by Crippen LogP contribution is -2.38. The number of anilines is 3. The fraction of sp³-hybridized carbons (Fsp3) is 0.364. The van der Waals surface area contributed by atoms with E-state index in [0.717, 1.165) is 17.8 Å². The minimum absolute atomic E-state index is 0.110. The normalized spacial score (nSPS) is 17.0. The van der Waals surface area contributed by atoms with Crippen molar-refractivity contribution in [3.63, 3.8) is 0 Å². The topological polar surface area (TPSA) is 108 Å². The molecule has 0 aliphatic carbocycles. The first kappa shape index (κ1) is 23.3. The highest BCUT2D eigenvalue weighted by atomic mass is 19.4. The van der Waals surface area contributed by atoms with Crippen LogP contribution in [0.15, 0.2) is 42.5 Å². The van der Waals surface area contributed by atoms with E-state index in [1.54, 1.807) is 34.1 Å². The predicted molar refractivity (Wildman–Crippen MR) is 119 cm³/mol. The molecule has 2 saturated heterocycles. The molecule has 2 heterocycles. The van der Waals surface area contributed by atoms with Crippen LogP contribution in [0.5, 0.6) is 0 Å². The number of urea groups is 1. The maximum atomic E-state index is 12.9. The second-order valence-electron chi connectivity index (χ2n) is 8.14. The van der Waals surface area contributed by atoms with Crippen LogP contribution in [0.2, 0.25) is 0 Å². The van der Waals surface area contributed by atoms with Gasteiger partial charge in [0.15, 0.2) is 0 Å². The second-order valence-corrected chi connectivity index (χ2v) is 8.14. The molecule has 2 aliphatic rings. The average Bonchev–Trinajstić information content (AvgIpc) is 3.24. The van der Waals surface area contributed by atoms with Crippen LogP contribution >= 0.6 is 0 Å². The van der Waals surface area contributed by atoms with Gasteiger partial charge in [0.1, 0.15) is 5.69 Å². The molecular weight excluding hydrogens is 455 g/mol. The van der Waals surface area contributed by atoms with Crippen molar-refractivity contribution in [2.75, 3.05) is 41.3 Å². The van der Waals surface area contributed by atoms with Crippen LogP contribution in [0.3, 0.4) is 0 Å². The largest absolute Gasteiger partial charge is 0.416 e. The molecule has 2 fully saturated rings.